The van der Waals surface area contributed by atoms with E-state index in [2.05, 4.69) is 30.1 Å². The van der Waals surface area contributed by atoms with Crippen LogP contribution in [0.1, 0.15) is 32.4 Å². The molecule has 0 spiro atoms. The normalized spacial score (nSPS) is 22.6. The van der Waals surface area contributed by atoms with Crippen LogP contribution in [0.5, 0.6) is 0 Å². The Bertz CT molecular complexity index is 306. The van der Waals surface area contributed by atoms with Crippen molar-refractivity contribution in [3.8, 4) is 0 Å². The van der Waals surface area contributed by atoms with E-state index in [0.717, 1.165) is 25.4 Å². The van der Waals surface area contributed by atoms with Crippen LogP contribution in [0.3, 0.4) is 0 Å². The molecule has 0 unspecified atom stereocenters. The molecule has 90 valence electrons. The molecule has 1 fully saturated rings. The molecule has 0 saturated carbocycles. The third-order valence-electron chi connectivity index (χ3n) is 3.08. The maximum atomic E-state index is 5.41. The Kier molecular flexibility index (Phi) is 3.66. The molecule has 16 heavy (non-hydrogen) atoms. The average molecular weight is 222 g/mol. The number of furan rings is 1. The zero-order valence-corrected chi connectivity index (χ0v) is 10.3. The number of nitrogens with one attached hydrogen (secondary N) is 1. The molecule has 2 heterocycles. The van der Waals surface area contributed by atoms with Crippen LogP contribution >= 0.6 is 0 Å². The summed E-state index contributed by atoms with van der Waals surface area (Å²) in [7, 11) is 0. The van der Waals surface area contributed by atoms with Crippen molar-refractivity contribution in [2.45, 2.75) is 38.8 Å². The van der Waals surface area contributed by atoms with E-state index in [9.17, 15) is 0 Å². The molecule has 0 radical (unpaired) electrons. The lowest BCUT2D eigenvalue weighted by Crippen LogP contribution is -2.51. The van der Waals surface area contributed by atoms with Gasteiger partial charge in [-0.1, -0.05) is 0 Å². The van der Waals surface area contributed by atoms with Crippen molar-refractivity contribution in [3.05, 3.63) is 24.2 Å². The molecule has 3 nitrogen and oxygen atoms in total. The SMILES string of the molecule is CC1(C)CN(Cc2ccco2)CCCCN1. The summed E-state index contributed by atoms with van der Waals surface area (Å²) >= 11 is 0. The van der Waals surface area contributed by atoms with Crippen molar-refractivity contribution in [2.75, 3.05) is 19.6 Å². The van der Waals surface area contributed by atoms with E-state index in [0.29, 0.717) is 0 Å². The molecule has 0 bridgehead atoms. The quantitative estimate of drug-likeness (QED) is 0.832. The molecule has 0 amide bonds. The first kappa shape index (κ1) is 11.7. The second-order valence-corrected chi connectivity index (χ2v) is 5.31. The van der Waals surface area contributed by atoms with Crippen molar-refractivity contribution >= 4 is 0 Å². The highest BCUT2D eigenvalue weighted by Gasteiger charge is 2.23. The van der Waals surface area contributed by atoms with Crippen molar-refractivity contribution < 1.29 is 4.42 Å². The van der Waals surface area contributed by atoms with Crippen LogP contribution in [0.25, 0.3) is 0 Å². The molecule has 0 aliphatic carbocycles. The van der Waals surface area contributed by atoms with Gasteiger partial charge in [-0.3, -0.25) is 4.90 Å². The summed E-state index contributed by atoms with van der Waals surface area (Å²) < 4.78 is 5.41. The Hall–Kier alpha value is -0.800. The van der Waals surface area contributed by atoms with Crippen molar-refractivity contribution in [1.29, 1.82) is 0 Å². The fourth-order valence-electron chi connectivity index (χ4n) is 2.34. The highest BCUT2D eigenvalue weighted by molar-refractivity contribution is 4.98. The first-order valence-electron chi connectivity index (χ1n) is 6.15. The average Bonchev–Trinajstić information content (AvgIpc) is 2.66. The monoisotopic (exact) mass is 222 g/mol. The smallest absolute Gasteiger partial charge is 0.117 e. The van der Waals surface area contributed by atoms with Gasteiger partial charge in [0.1, 0.15) is 5.76 Å². The molecule has 1 aliphatic heterocycles. The number of hydrogen-bond acceptors (Lipinski definition) is 3. The Morgan fingerprint density at radius 1 is 1.44 bits per heavy atom. The lowest BCUT2D eigenvalue weighted by molar-refractivity contribution is 0.164. The maximum absolute atomic E-state index is 5.41. The summed E-state index contributed by atoms with van der Waals surface area (Å²) in [6.45, 7) is 8.86. The molecule has 3 heteroatoms. The molecule has 1 saturated heterocycles. The van der Waals surface area contributed by atoms with E-state index in [1.165, 1.54) is 19.4 Å². The van der Waals surface area contributed by atoms with Gasteiger partial charge in [0, 0.05) is 12.1 Å². The molecule has 2 rings (SSSR count). The predicted molar refractivity (Wildman–Crippen MR) is 65.3 cm³/mol. The molecule has 1 aromatic rings. The van der Waals surface area contributed by atoms with Gasteiger partial charge in [-0.25, -0.2) is 0 Å². The van der Waals surface area contributed by atoms with Gasteiger partial charge < -0.3 is 9.73 Å². The van der Waals surface area contributed by atoms with Crippen LogP contribution in [-0.4, -0.2) is 30.1 Å². The summed E-state index contributed by atoms with van der Waals surface area (Å²) in [6, 6.07) is 4.02. The molecule has 1 aromatic heterocycles. The largest absolute Gasteiger partial charge is 0.468 e. The highest BCUT2D eigenvalue weighted by Crippen LogP contribution is 2.14. The third-order valence-corrected chi connectivity index (χ3v) is 3.08. The lowest BCUT2D eigenvalue weighted by atomic mass is 10.0. The number of nitrogens with zero attached hydrogens (tertiary/aromatic N) is 1. The number of hydrogen-bond donors (Lipinski definition) is 1. The maximum Gasteiger partial charge on any atom is 0.117 e. The van der Waals surface area contributed by atoms with Crippen LogP contribution in [-0.2, 0) is 6.54 Å². The fraction of sp³-hybridized carbons (Fsp3) is 0.692. The van der Waals surface area contributed by atoms with E-state index < -0.39 is 0 Å². The minimum atomic E-state index is 0.201. The lowest BCUT2D eigenvalue weighted by Gasteiger charge is -2.35. The van der Waals surface area contributed by atoms with Gasteiger partial charge in [-0.2, -0.15) is 0 Å². The van der Waals surface area contributed by atoms with Crippen molar-refractivity contribution in [1.82, 2.24) is 10.2 Å². The minimum absolute atomic E-state index is 0.201. The molecule has 0 atom stereocenters. The molecule has 1 N–H and O–H groups in total. The van der Waals surface area contributed by atoms with Gasteiger partial charge >= 0.3 is 0 Å². The predicted octanol–water partition coefficient (Wildman–Crippen LogP) is 2.24. The van der Waals surface area contributed by atoms with Crippen molar-refractivity contribution in [3.63, 3.8) is 0 Å². The summed E-state index contributed by atoms with van der Waals surface area (Å²) in [6.07, 6.45) is 4.28. The van der Waals surface area contributed by atoms with Crippen LogP contribution in [0.15, 0.2) is 22.8 Å². The van der Waals surface area contributed by atoms with E-state index >= 15 is 0 Å². The van der Waals surface area contributed by atoms with Gasteiger partial charge in [0.2, 0.25) is 0 Å². The molecular weight excluding hydrogens is 200 g/mol. The van der Waals surface area contributed by atoms with E-state index in [4.69, 9.17) is 4.42 Å². The zero-order valence-electron chi connectivity index (χ0n) is 10.3. The van der Waals surface area contributed by atoms with E-state index in [-0.39, 0.29) is 5.54 Å². The minimum Gasteiger partial charge on any atom is -0.468 e. The van der Waals surface area contributed by atoms with Gasteiger partial charge in [0.25, 0.3) is 0 Å². The first-order chi connectivity index (χ1) is 7.66. The van der Waals surface area contributed by atoms with Crippen LogP contribution in [0.2, 0.25) is 0 Å². The van der Waals surface area contributed by atoms with E-state index in [1.54, 1.807) is 6.26 Å². The highest BCUT2D eigenvalue weighted by atomic mass is 16.3. The van der Waals surface area contributed by atoms with Gasteiger partial charge in [0.15, 0.2) is 0 Å². The summed E-state index contributed by atoms with van der Waals surface area (Å²) in [5.74, 6) is 1.07. The summed E-state index contributed by atoms with van der Waals surface area (Å²) in [4.78, 5) is 2.48. The van der Waals surface area contributed by atoms with Crippen molar-refractivity contribution in [2.24, 2.45) is 0 Å². The molecule has 1 aliphatic rings. The van der Waals surface area contributed by atoms with Gasteiger partial charge in [-0.05, 0) is 51.9 Å². The first-order valence-corrected chi connectivity index (χ1v) is 6.15. The van der Waals surface area contributed by atoms with Gasteiger partial charge in [0.05, 0.1) is 12.8 Å². The van der Waals surface area contributed by atoms with Crippen LogP contribution in [0, 0.1) is 0 Å². The summed E-state index contributed by atoms with van der Waals surface area (Å²) in [5.41, 5.74) is 0.201. The Morgan fingerprint density at radius 3 is 3.06 bits per heavy atom. The molecular formula is C13H22N2O. The third kappa shape index (κ3) is 3.35. The Labute approximate surface area is 97.8 Å². The second-order valence-electron chi connectivity index (χ2n) is 5.31. The topological polar surface area (TPSA) is 28.4 Å². The van der Waals surface area contributed by atoms with Crippen LogP contribution < -0.4 is 5.32 Å². The number of rotatable bonds is 2. The standard InChI is InChI=1S/C13H22N2O/c1-13(2)11-15(8-4-3-7-14-13)10-12-6-5-9-16-12/h5-6,9,14H,3-4,7-8,10-11H2,1-2H3. The molecule has 0 aromatic carbocycles. The Morgan fingerprint density at radius 2 is 2.31 bits per heavy atom. The second kappa shape index (κ2) is 5.02. The Balaban J connectivity index is 1.95. The zero-order chi connectivity index (χ0) is 11.4. The summed E-state index contributed by atoms with van der Waals surface area (Å²) in [5, 5.41) is 3.60. The van der Waals surface area contributed by atoms with E-state index in [1.807, 2.05) is 6.07 Å². The fourth-order valence-corrected chi connectivity index (χ4v) is 2.34. The van der Waals surface area contributed by atoms with Crippen LogP contribution in [0.4, 0.5) is 0 Å². The van der Waals surface area contributed by atoms with Gasteiger partial charge in [-0.15, -0.1) is 0 Å².